The van der Waals surface area contributed by atoms with Crippen molar-refractivity contribution in [2.75, 3.05) is 13.2 Å². The van der Waals surface area contributed by atoms with E-state index < -0.39 is 24.5 Å². The van der Waals surface area contributed by atoms with Gasteiger partial charge in [0.15, 0.2) is 6.61 Å². The van der Waals surface area contributed by atoms with E-state index >= 15 is 0 Å². The molecule has 0 aliphatic heterocycles. The molecule has 1 aromatic carbocycles. The zero-order chi connectivity index (χ0) is 18.4. The van der Waals surface area contributed by atoms with Crippen LogP contribution in [0, 0.1) is 5.82 Å². The number of benzene rings is 1. The molecular formula is C17H19FN2O4S. The summed E-state index contributed by atoms with van der Waals surface area (Å²) in [4.78, 5) is 35.7. The summed E-state index contributed by atoms with van der Waals surface area (Å²) in [5.74, 6) is -1.92. The zero-order valence-corrected chi connectivity index (χ0v) is 14.7. The van der Waals surface area contributed by atoms with Gasteiger partial charge in [-0.15, -0.1) is 11.3 Å². The third-order valence-corrected chi connectivity index (χ3v) is 4.43. The van der Waals surface area contributed by atoms with Crippen molar-refractivity contribution in [1.82, 2.24) is 10.6 Å². The van der Waals surface area contributed by atoms with E-state index in [2.05, 4.69) is 10.6 Å². The minimum atomic E-state index is -0.718. The van der Waals surface area contributed by atoms with Crippen molar-refractivity contribution in [3.63, 3.8) is 0 Å². The van der Waals surface area contributed by atoms with Crippen LogP contribution >= 0.6 is 11.3 Å². The van der Waals surface area contributed by atoms with E-state index in [0.717, 1.165) is 22.5 Å². The number of halogens is 1. The van der Waals surface area contributed by atoms with E-state index in [1.165, 1.54) is 18.2 Å². The van der Waals surface area contributed by atoms with Gasteiger partial charge in [-0.25, -0.2) is 9.18 Å². The van der Waals surface area contributed by atoms with Crippen molar-refractivity contribution >= 4 is 39.2 Å². The fourth-order valence-electron chi connectivity index (χ4n) is 2.07. The summed E-state index contributed by atoms with van der Waals surface area (Å²) >= 11 is 1.16. The Morgan fingerprint density at radius 2 is 2.04 bits per heavy atom. The second-order valence-corrected chi connectivity index (χ2v) is 6.53. The molecule has 0 aliphatic rings. The van der Waals surface area contributed by atoms with Gasteiger partial charge in [-0.05, 0) is 43.0 Å². The molecular weight excluding hydrogens is 347 g/mol. The van der Waals surface area contributed by atoms with Gasteiger partial charge in [-0.1, -0.05) is 6.92 Å². The molecule has 1 heterocycles. The van der Waals surface area contributed by atoms with E-state index in [9.17, 15) is 18.8 Å². The average molecular weight is 366 g/mol. The summed E-state index contributed by atoms with van der Waals surface area (Å²) in [6, 6.07) is 5.02. The maximum absolute atomic E-state index is 13.2. The molecule has 25 heavy (non-hydrogen) atoms. The number of hydrogen-bond donors (Lipinski definition) is 2. The topological polar surface area (TPSA) is 84.5 Å². The highest BCUT2D eigenvalue weighted by Crippen LogP contribution is 2.26. The summed E-state index contributed by atoms with van der Waals surface area (Å²) in [7, 11) is 0. The van der Waals surface area contributed by atoms with Gasteiger partial charge in [0.05, 0.1) is 0 Å². The first-order valence-electron chi connectivity index (χ1n) is 7.84. The van der Waals surface area contributed by atoms with Gasteiger partial charge in [0.1, 0.15) is 16.7 Å². The van der Waals surface area contributed by atoms with Crippen molar-refractivity contribution in [2.45, 2.75) is 26.3 Å². The normalized spacial score (nSPS) is 11.8. The predicted molar refractivity (Wildman–Crippen MR) is 93.0 cm³/mol. The smallest absolute Gasteiger partial charge is 0.348 e. The summed E-state index contributed by atoms with van der Waals surface area (Å²) in [5, 5.41) is 5.71. The number of amides is 2. The number of carbonyl (C=O) groups excluding carboxylic acids is 3. The molecule has 0 spiro atoms. The first kappa shape index (κ1) is 18.9. The van der Waals surface area contributed by atoms with Crippen LogP contribution in [0.25, 0.3) is 10.1 Å². The number of fused-ring (bicyclic) bond motifs is 1. The van der Waals surface area contributed by atoms with Crippen molar-refractivity contribution in [3.05, 3.63) is 35.0 Å². The van der Waals surface area contributed by atoms with Crippen LogP contribution in [0.4, 0.5) is 4.39 Å². The zero-order valence-electron chi connectivity index (χ0n) is 13.9. The first-order valence-corrected chi connectivity index (χ1v) is 8.65. The molecule has 2 aromatic rings. The highest BCUT2D eigenvalue weighted by Gasteiger charge is 2.17. The molecule has 1 atom stereocenters. The van der Waals surface area contributed by atoms with Gasteiger partial charge >= 0.3 is 5.97 Å². The standard InChI is InChI=1S/C17H19FN2O4S/c1-3-6-19-16(22)10(2)20-15(21)9-24-17(23)14-8-11-7-12(18)4-5-13(11)25-14/h4-5,7-8,10H,3,6,9H2,1-2H3,(H,19,22)(H,20,21)/t10-/m0/s1. The molecule has 0 saturated heterocycles. The maximum atomic E-state index is 13.2. The van der Waals surface area contributed by atoms with Crippen molar-refractivity contribution in [3.8, 4) is 0 Å². The number of carbonyl (C=O) groups is 3. The second kappa shape index (κ2) is 8.57. The molecule has 0 saturated carbocycles. The Hall–Kier alpha value is -2.48. The SMILES string of the molecule is CCCNC(=O)[C@H](C)NC(=O)COC(=O)c1cc2cc(F)ccc2s1. The Kier molecular flexibility index (Phi) is 6.46. The van der Waals surface area contributed by atoms with Crippen molar-refractivity contribution in [1.29, 1.82) is 0 Å². The van der Waals surface area contributed by atoms with E-state index in [1.807, 2.05) is 6.92 Å². The summed E-state index contributed by atoms with van der Waals surface area (Å²) in [6.07, 6.45) is 0.795. The molecule has 1 aromatic heterocycles. The van der Waals surface area contributed by atoms with Crippen LogP contribution in [0.15, 0.2) is 24.3 Å². The van der Waals surface area contributed by atoms with Gasteiger partial charge in [0, 0.05) is 11.2 Å². The lowest BCUT2D eigenvalue weighted by atomic mass is 10.2. The Morgan fingerprint density at radius 1 is 1.28 bits per heavy atom. The van der Waals surface area contributed by atoms with Crippen LogP contribution in [0.3, 0.4) is 0 Å². The van der Waals surface area contributed by atoms with Crippen molar-refractivity contribution in [2.24, 2.45) is 0 Å². The summed E-state index contributed by atoms with van der Waals surface area (Å²) < 4.78 is 18.9. The number of hydrogen-bond acceptors (Lipinski definition) is 5. The number of nitrogens with one attached hydrogen (secondary N) is 2. The fourth-order valence-corrected chi connectivity index (χ4v) is 3.00. The monoisotopic (exact) mass is 366 g/mol. The quantitative estimate of drug-likeness (QED) is 0.736. The van der Waals surface area contributed by atoms with Crippen LogP contribution in [-0.4, -0.2) is 37.0 Å². The predicted octanol–water partition coefficient (Wildman–Crippen LogP) is 2.23. The lowest BCUT2D eigenvalue weighted by Crippen LogP contribution is -2.46. The largest absolute Gasteiger partial charge is 0.451 e. The van der Waals surface area contributed by atoms with E-state index in [4.69, 9.17) is 4.74 Å². The Balaban J connectivity index is 1.86. The minimum Gasteiger partial charge on any atom is -0.451 e. The molecule has 0 bridgehead atoms. The van der Waals surface area contributed by atoms with E-state index in [0.29, 0.717) is 11.9 Å². The molecule has 0 fully saturated rings. The minimum absolute atomic E-state index is 0.280. The van der Waals surface area contributed by atoms with Gasteiger partial charge in [-0.2, -0.15) is 0 Å². The van der Waals surface area contributed by atoms with Crippen LogP contribution in [0.2, 0.25) is 0 Å². The molecule has 8 heteroatoms. The summed E-state index contributed by atoms with van der Waals surface area (Å²) in [6.45, 7) is 3.50. The molecule has 0 radical (unpaired) electrons. The van der Waals surface area contributed by atoms with Gasteiger partial charge in [0.25, 0.3) is 5.91 Å². The maximum Gasteiger partial charge on any atom is 0.348 e. The summed E-state index contributed by atoms with van der Waals surface area (Å²) in [5.41, 5.74) is 0. The Morgan fingerprint density at radius 3 is 2.76 bits per heavy atom. The Labute approximate surface area is 148 Å². The number of thiophene rings is 1. The van der Waals surface area contributed by atoms with E-state index in [-0.39, 0.29) is 16.6 Å². The second-order valence-electron chi connectivity index (χ2n) is 5.45. The van der Waals surface area contributed by atoms with Gasteiger partial charge in [0.2, 0.25) is 5.91 Å². The molecule has 2 N–H and O–H groups in total. The van der Waals surface area contributed by atoms with Gasteiger partial charge < -0.3 is 15.4 Å². The number of rotatable bonds is 7. The third-order valence-electron chi connectivity index (χ3n) is 3.33. The Bertz CT molecular complexity index is 790. The molecule has 2 rings (SSSR count). The van der Waals surface area contributed by atoms with Crippen LogP contribution < -0.4 is 10.6 Å². The lowest BCUT2D eigenvalue weighted by Gasteiger charge is -2.13. The number of esters is 1. The highest BCUT2D eigenvalue weighted by atomic mass is 32.1. The first-order chi connectivity index (χ1) is 11.9. The molecule has 6 nitrogen and oxygen atoms in total. The number of ether oxygens (including phenoxy) is 1. The van der Waals surface area contributed by atoms with Crippen LogP contribution in [0.1, 0.15) is 29.9 Å². The molecule has 134 valence electrons. The van der Waals surface area contributed by atoms with Crippen LogP contribution in [0.5, 0.6) is 0 Å². The van der Waals surface area contributed by atoms with E-state index in [1.54, 1.807) is 13.0 Å². The van der Waals surface area contributed by atoms with Gasteiger partial charge in [-0.3, -0.25) is 9.59 Å². The molecule has 2 amide bonds. The average Bonchev–Trinajstić information content (AvgIpc) is 3.00. The lowest BCUT2D eigenvalue weighted by molar-refractivity contribution is -0.130. The molecule has 0 unspecified atom stereocenters. The fraction of sp³-hybridized carbons (Fsp3) is 0.353. The van der Waals surface area contributed by atoms with Crippen LogP contribution in [-0.2, 0) is 14.3 Å². The third kappa shape index (κ3) is 5.25. The molecule has 0 aliphatic carbocycles. The van der Waals surface area contributed by atoms with Crippen molar-refractivity contribution < 1.29 is 23.5 Å². The highest BCUT2D eigenvalue weighted by molar-refractivity contribution is 7.20.